The zero-order chi connectivity index (χ0) is 20.3. The molecule has 3 atom stereocenters. The topological polar surface area (TPSA) is 114 Å². The summed E-state index contributed by atoms with van der Waals surface area (Å²) in [6.07, 6.45) is 1.43. The lowest BCUT2D eigenvalue weighted by Crippen LogP contribution is -2.74. The van der Waals surface area contributed by atoms with Gasteiger partial charge in [-0.2, -0.15) is 4.99 Å². The molecule has 0 radical (unpaired) electrons. The standard InChI is InChI=1S/C18H19N3O6S/c1-11(23)20-14-15(24)21-8-18(19-10-22,9-28-16(14)21)17(25)27-7-12-3-5-13(26-2)6-4-12/h3-6,14,16H,7-9H2,1-2H3,(H,20,23)/t14?,16-,18?/m1/s1. The van der Waals surface area contributed by atoms with Gasteiger partial charge in [0.15, 0.2) is 5.54 Å². The number of thioether (sulfide) groups is 1. The predicted octanol–water partition coefficient (Wildman–Crippen LogP) is 0.233. The summed E-state index contributed by atoms with van der Waals surface area (Å²) in [5.41, 5.74) is -0.766. The van der Waals surface area contributed by atoms with Crippen molar-refractivity contribution < 1.29 is 28.7 Å². The highest BCUT2D eigenvalue weighted by molar-refractivity contribution is 8.00. The summed E-state index contributed by atoms with van der Waals surface area (Å²) in [5, 5.41) is 2.30. The van der Waals surface area contributed by atoms with Crippen LogP contribution in [-0.4, -0.2) is 65.1 Å². The Hall–Kier alpha value is -2.84. The van der Waals surface area contributed by atoms with Gasteiger partial charge in [0, 0.05) is 12.7 Å². The van der Waals surface area contributed by atoms with Crippen LogP contribution < -0.4 is 10.1 Å². The molecule has 2 saturated heterocycles. The molecule has 0 saturated carbocycles. The van der Waals surface area contributed by atoms with Crippen LogP contribution >= 0.6 is 11.8 Å². The SMILES string of the molecule is COc1ccc(COC(=O)C2(N=C=O)CS[C@@H]3C(NC(C)=O)C(=O)N3C2)cc1. The van der Waals surface area contributed by atoms with Crippen molar-refractivity contribution in [3.63, 3.8) is 0 Å². The quantitative estimate of drug-likeness (QED) is 0.312. The highest BCUT2D eigenvalue weighted by Gasteiger charge is 2.58. The van der Waals surface area contributed by atoms with Gasteiger partial charge in [-0.05, 0) is 17.7 Å². The van der Waals surface area contributed by atoms with Crippen molar-refractivity contribution in [2.75, 3.05) is 19.4 Å². The Morgan fingerprint density at radius 2 is 2.11 bits per heavy atom. The van der Waals surface area contributed by atoms with E-state index in [9.17, 15) is 19.2 Å². The van der Waals surface area contributed by atoms with E-state index in [0.29, 0.717) is 5.75 Å². The number of esters is 1. The van der Waals surface area contributed by atoms with Crippen molar-refractivity contribution >= 4 is 35.6 Å². The van der Waals surface area contributed by atoms with Gasteiger partial charge >= 0.3 is 5.97 Å². The number of rotatable bonds is 6. The first-order valence-electron chi connectivity index (χ1n) is 8.48. The third kappa shape index (κ3) is 3.74. The van der Waals surface area contributed by atoms with Crippen LogP contribution in [0, 0.1) is 0 Å². The van der Waals surface area contributed by atoms with Gasteiger partial charge < -0.3 is 19.7 Å². The van der Waals surface area contributed by atoms with Crippen LogP contribution in [0.25, 0.3) is 0 Å². The van der Waals surface area contributed by atoms with Gasteiger partial charge in [-0.25, -0.2) is 9.59 Å². The van der Waals surface area contributed by atoms with Crippen LogP contribution in [0.3, 0.4) is 0 Å². The van der Waals surface area contributed by atoms with Crippen molar-refractivity contribution in [1.82, 2.24) is 10.2 Å². The lowest BCUT2D eigenvalue weighted by atomic mass is 9.97. The fourth-order valence-electron chi connectivity index (χ4n) is 3.11. The molecular weight excluding hydrogens is 386 g/mol. The number of aliphatic imine (C=N–C) groups is 1. The number of hydrogen-bond donors (Lipinski definition) is 1. The highest BCUT2D eigenvalue weighted by Crippen LogP contribution is 2.40. The minimum Gasteiger partial charge on any atom is -0.497 e. The molecule has 2 unspecified atom stereocenters. The molecule has 0 aliphatic carbocycles. The Bertz CT molecular complexity index is 838. The summed E-state index contributed by atoms with van der Waals surface area (Å²) < 4.78 is 10.4. The predicted molar refractivity (Wildman–Crippen MR) is 99.2 cm³/mol. The smallest absolute Gasteiger partial charge is 0.338 e. The van der Waals surface area contributed by atoms with Crippen LogP contribution in [-0.2, 0) is 30.5 Å². The Balaban J connectivity index is 1.67. The van der Waals surface area contributed by atoms with Crippen LogP contribution in [0.1, 0.15) is 12.5 Å². The third-order valence-corrected chi connectivity index (χ3v) is 6.11. The average Bonchev–Trinajstić information content (AvgIpc) is 2.70. The Labute approximate surface area is 165 Å². The number of amides is 2. The van der Waals surface area contributed by atoms with E-state index in [1.165, 1.54) is 29.7 Å². The molecule has 3 rings (SSSR count). The molecule has 2 fully saturated rings. The normalized spacial score (nSPS) is 25.6. The number of carbonyl (C=O) groups excluding carboxylic acids is 4. The number of hydrogen-bond acceptors (Lipinski definition) is 8. The van der Waals surface area contributed by atoms with Gasteiger partial charge in [-0.15, -0.1) is 11.8 Å². The lowest BCUT2D eigenvalue weighted by molar-refractivity contribution is -0.157. The van der Waals surface area contributed by atoms with Crippen molar-refractivity contribution in [3.8, 4) is 5.75 Å². The summed E-state index contributed by atoms with van der Waals surface area (Å²) in [4.78, 5) is 52.3. The monoisotopic (exact) mass is 405 g/mol. The first kappa shape index (κ1) is 19.9. The minimum absolute atomic E-state index is 0.00445. The molecule has 1 aromatic rings. The molecule has 148 valence electrons. The zero-order valence-corrected chi connectivity index (χ0v) is 16.2. The molecule has 10 heteroatoms. The number of methoxy groups -OCH3 is 1. The Kier molecular flexibility index (Phi) is 5.71. The number of β-lactam (4-membered cyclic amide) rings is 1. The summed E-state index contributed by atoms with van der Waals surface area (Å²) >= 11 is 1.27. The van der Waals surface area contributed by atoms with Crippen molar-refractivity contribution in [2.24, 2.45) is 4.99 Å². The van der Waals surface area contributed by atoms with E-state index in [1.54, 1.807) is 31.4 Å². The lowest BCUT2D eigenvalue weighted by Gasteiger charge is -2.52. The van der Waals surface area contributed by atoms with E-state index >= 15 is 0 Å². The van der Waals surface area contributed by atoms with Crippen molar-refractivity contribution in [1.29, 1.82) is 0 Å². The fraction of sp³-hybridized carbons (Fsp3) is 0.444. The maximum absolute atomic E-state index is 12.7. The van der Waals surface area contributed by atoms with Gasteiger partial charge in [0.05, 0.1) is 13.7 Å². The number of isocyanates is 1. The van der Waals surface area contributed by atoms with Crippen LogP contribution in [0.5, 0.6) is 5.75 Å². The second kappa shape index (κ2) is 8.04. The number of nitrogens with one attached hydrogen (secondary N) is 1. The molecule has 9 nitrogen and oxygen atoms in total. The molecule has 2 aliphatic rings. The van der Waals surface area contributed by atoms with E-state index in [4.69, 9.17) is 9.47 Å². The number of nitrogens with zero attached hydrogens (tertiary/aromatic N) is 2. The maximum atomic E-state index is 12.7. The second-order valence-corrected chi connectivity index (χ2v) is 7.61. The molecule has 1 N–H and O–H groups in total. The maximum Gasteiger partial charge on any atom is 0.338 e. The minimum atomic E-state index is -1.51. The van der Waals surface area contributed by atoms with Crippen LogP contribution in [0.4, 0.5) is 0 Å². The summed E-state index contributed by atoms with van der Waals surface area (Å²) in [7, 11) is 1.55. The van der Waals surface area contributed by atoms with E-state index in [2.05, 4.69) is 10.3 Å². The molecule has 1 aromatic carbocycles. The average molecular weight is 405 g/mol. The van der Waals surface area contributed by atoms with Gasteiger partial charge in [0.1, 0.15) is 23.8 Å². The first-order valence-corrected chi connectivity index (χ1v) is 9.53. The van der Waals surface area contributed by atoms with E-state index in [-0.39, 0.29) is 36.1 Å². The molecule has 2 aliphatic heterocycles. The zero-order valence-electron chi connectivity index (χ0n) is 15.3. The van der Waals surface area contributed by atoms with Crippen molar-refractivity contribution in [2.45, 2.75) is 30.5 Å². The first-order chi connectivity index (χ1) is 13.4. The largest absolute Gasteiger partial charge is 0.497 e. The third-order valence-electron chi connectivity index (χ3n) is 4.59. The Morgan fingerprint density at radius 1 is 1.39 bits per heavy atom. The molecular formula is C18H19N3O6S. The van der Waals surface area contributed by atoms with Gasteiger partial charge in [0.2, 0.25) is 17.9 Å². The highest BCUT2D eigenvalue weighted by atomic mass is 32.2. The number of fused-ring (bicyclic) bond motifs is 1. The molecule has 2 heterocycles. The van der Waals surface area contributed by atoms with Crippen LogP contribution in [0.15, 0.2) is 29.3 Å². The van der Waals surface area contributed by atoms with Crippen molar-refractivity contribution in [3.05, 3.63) is 29.8 Å². The van der Waals surface area contributed by atoms with E-state index < -0.39 is 17.6 Å². The molecule has 0 aromatic heterocycles. The number of benzene rings is 1. The van der Waals surface area contributed by atoms with Gasteiger partial charge in [-0.1, -0.05) is 12.1 Å². The fourth-order valence-corrected chi connectivity index (χ4v) is 4.57. The van der Waals surface area contributed by atoms with Gasteiger partial charge in [-0.3, -0.25) is 9.59 Å². The molecule has 0 bridgehead atoms. The van der Waals surface area contributed by atoms with Crippen LogP contribution in [0.2, 0.25) is 0 Å². The summed E-state index contributed by atoms with van der Waals surface area (Å²) in [6, 6.07) is 6.36. The number of ether oxygens (including phenoxy) is 2. The van der Waals surface area contributed by atoms with E-state index in [1.807, 2.05) is 0 Å². The number of carbonyl (C=O) groups is 3. The van der Waals surface area contributed by atoms with E-state index in [0.717, 1.165) is 5.56 Å². The van der Waals surface area contributed by atoms with Gasteiger partial charge in [0.25, 0.3) is 0 Å². The molecule has 28 heavy (non-hydrogen) atoms. The molecule has 2 amide bonds. The summed E-state index contributed by atoms with van der Waals surface area (Å²) in [6.45, 7) is 1.24. The Morgan fingerprint density at radius 3 is 2.71 bits per heavy atom. The second-order valence-electron chi connectivity index (χ2n) is 6.50. The molecule has 0 spiro atoms. The summed E-state index contributed by atoms with van der Waals surface area (Å²) in [5.74, 6) is -0.500.